The molecule has 1 saturated heterocycles. The van der Waals surface area contributed by atoms with Crippen molar-refractivity contribution in [2.24, 2.45) is 4.99 Å². The fourth-order valence-corrected chi connectivity index (χ4v) is 4.80. The summed E-state index contributed by atoms with van der Waals surface area (Å²) in [6.07, 6.45) is 1.76. The molecule has 1 amide bonds. The minimum absolute atomic E-state index is 0.211. The Morgan fingerprint density at radius 2 is 1.84 bits per heavy atom. The third-order valence-electron chi connectivity index (χ3n) is 5.17. The molecule has 0 bridgehead atoms. The number of amides is 1. The van der Waals surface area contributed by atoms with E-state index >= 15 is 0 Å². The molecule has 8 nitrogen and oxygen atoms in total. The van der Waals surface area contributed by atoms with Crippen molar-refractivity contribution in [2.45, 2.75) is 13.5 Å². The largest absolute Gasteiger partial charge is 0.497 e. The van der Waals surface area contributed by atoms with Gasteiger partial charge in [0.25, 0.3) is 5.91 Å². The molecule has 2 N–H and O–H groups in total. The van der Waals surface area contributed by atoms with Crippen LogP contribution in [0.2, 0.25) is 0 Å². The van der Waals surface area contributed by atoms with Gasteiger partial charge in [-0.1, -0.05) is 12.1 Å². The fourth-order valence-electron chi connectivity index (χ4n) is 3.38. The number of carbonyl (C=O) groups is 2. The van der Waals surface area contributed by atoms with Crippen LogP contribution in [0, 0.1) is 0 Å². The SMILES string of the molecule is CCOc1cc(/C=C2/SC(=Nc3ccc(OC)cc3)NC2=O)cc(Br)c1OCc1ccc(C(=O)O)cc1. The normalized spacial score (nSPS) is 15.1. The maximum atomic E-state index is 12.6. The minimum atomic E-state index is -0.980. The molecule has 37 heavy (non-hydrogen) atoms. The number of ether oxygens (including phenoxy) is 3. The molecule has 0 saturated carbocycles. The van der Waals surface area contributed by atoms with Gasteiger partial charge in [0.15, 0.2) is 16.7 Å². The summed E-state index contributed by atoms with van der Waals surface area (Å²) < 4.78 is 17.6. The van der Waals surface area contributed by atoms with Gasteiger partial charge in [0.05, 0.1) is 34.3 Å². The van der Waals surface area contributed by atoms with Crippen LogP contribution in [0.15, 0.2) is 75.0 Å². The van der Waals surface area contributed by atoms with Crippen LogP contribution >= 0.6 is 27.7 Å². The summed E-state index contributed by atoms with van der Waals surface area (Å²) in [5, 5.41) is 12.3. The summed E-state index contributed by atoms with van der Waals surface area (Å²) in [5.41, 5.74) is 2.47. The van der Waals surface area contributed by atoms with E-state index in [0.717, 1.165) is 16.9 Å². The summed E-state index contributed by atoms with van der Waals surface area (Å²) in [7, 11) is 1.60. The summed E-state index contributed by atoms with van der Waals surface area (Å²) >= 11 is 4.80. The van der Waals surface area contributed by atoms with Crippen LogP contribution in [-0.2, 0) is 11.4 Å². The Morgan fingerprint density at radius 3 is 2.49 bits per heavy atom. The van der Waals surface area contributed by atoms with Crippen molar-refractivity contribution >= 4 is 56.5 Å². The van der Waals surface area contributed by atoms with Crippen molar-refractivity contribution in [3.63, 3.8) is 0 Å². The molecule has 4 rings (SSSR count). The Hall–Kier alpha value is -3.76. The smallest absolute Gasteiger partial charge is 0.335 e. The van der Waals surface area contributed by atoms with E-state index in [1.54, 1.807) is 43.5 Å². The number of benzene rings is 3. The lowest BCUT2D eigenvalue weighted by Crippen LogP contribution is -2.19. The number of halogens is 1. The van der Waals surface area contributed by atoms with Gasteiger partial charge in [0.2, 0.25) is 0 Å². The van der Waals surface area contributed by atoms with Gasteiger partial charge in [0, 0.05) is 0 Å². The van der Waals surface area contributed by atoms with Gasteiger partial charge in [-0.15, -0.1) is 0 Å². The van der Waals surface area contributed by atoms with Gasteiger partial charge in [-0.05, 0) is 100 Å². The second-order valence-corrected chi connectivity index (χ2v) is 9.62. The third kappa shape index (κ3) is 6.72. The zero-order chi connectivity index (χ0) is 26.4. The highest BCUT2D eigenvalue weighted by molar-refractivity contribution is 9.10. The molecule has 1 heterocycles. The van der Waals surface area contributed by atoms with Gasteiger partial charge >= 0.3 is 5.97 Å². The number of rotatable bonds is 9. The highest BCUT2D eigenvalue weighted by Crippen LogP contribution is 2.39. The number of carboxylic acids is 1. The first-order valence-corrected chi connectivity index (χ1v) is 12.8. The van der Waals surface area contributed by atoms with Crippen LogP contribution in [0.25, 0.3) is 6.08 Å². The van der Waals surface area contributed by atoms with Crippen LogP contribution in [0.1, 0.15) is 28.4 Å². The summed E-state index contributed by atoms with van der Waals surface area (Å²) in [5.74, 6) is 0.535. The maximum Gasteiger partial charge on any atom is 0.335 e. The van der Waals surface area contributed by atoms with E-state index in [-0.39, 0.29) is 18.1 Å². The first-order valence-electron chi connectivity index (χ1n) is 11.2. The quantitative estimate of drug-likeness (QED) is 0.297. The molecular formula is C27H23BrN2O6S. The van der Waals surface area contributed by atoms with E-state index < -0.39 is 5.97 Å². The van der Waals surface area contributed by atoms with Crippen LogP contribution in [-0.4, -0.2) is 35.9 Å². The molecule has 1 fully saturated rings. The molecule has 0 atom stereocenters. The second kappa shape index (κ2) is 12.0. The number of carbonyl (C=O) groups excluding carboxylic acids is 1. The van der Waals surface area contributed by atoms with E-state index in [1.807, 2.05) is 25.1 Å². The number of nitrogens with zero attached hydrogens (tertiary/aromatic N) is 1. The van der Waals surface area contributed by atoms with Crippen molar-refractivity contribution in [3.05, 3.63) is 86.7 Å². The molecule has 0 radical (unpaired) electrons. The average molecular weight is 583 g/mol. The van der Waals surface area contributed by atoms with Crippen LogP contribution in [0.3, 0.4) is 0 Å². The zero-order valence-corrected chi connectivity index (χ0v) is 22.4. The minimum Gasteiger partial charge on any atom is -0.497 e. The molecule has 1 aliphatic rings. The van der Waals surface area contributed by atoms with Crippen molar-refractivity contribution < 1.29 is 28.9 Å². The number of carboxylic acid groups (broad SMARTS) is 1. The highest BCUT2D eigenvalue weighted by atomic mass is 79.9. The Kier molecular flexibility index (Phi) is 8.52. The van der Waals surface area contributed by atoms with Crippen molar-refractivity contribution in [3.8, 4) is 17.2 Å². The number of methoxy groups -OCH3 is 1. The molecule has 10 heteroatoms. The first kappa shape index (κ1) is 26.3. The second-order valence-electron chi connectivity index (χ2n) is 7.73. The third-order valence-corrected chi connectivity index (χ3v) is 6.67. The monoisotopic (exact) mass is 582 g/mol. The summed E-state index contributed by atoms with van der Waals surface area (Å²) in [4.78, 5) is 28.6. The Balaban J connectivity index is 1.52. The van der Waals surface area contributed by atoms with E-state index in [0.29, 0.717) is 38.3 Å². The Morgan fingerprint density at radius 1 is 1.11 bits per heavy atom. The number of aliphatic imine (C=N–C) groups is 1. The van der Waals surface area contributed by atoms with Crippen LogP contribution in [0.5, 0.6) is 17.2 Å². The predicted octanol–water partition coefficient (Wildman–Crippen LogP) is 6.03. The molecule has 0 unspecified atom stereocenters. The highest BCUT2D eigenvalue weighted by Gasteiger charge is 2.24. The van der Waals surface area contributed by atoms with E-state index in [9.17, 15) is 9.59 Å². The number of nitrogens with one attached hydrogen (secondary N) is 1. The van der Waals surface area contributed by atoms with Crippen LogP contribution < -0.4 is 19.5 Å². The zero-order valence-electron chi connectivity index (χ0n) is 20.0. The van der Waals surface area contributed by atoms with Gasteiger partial charge in [-0.25, -0.2) is 9.79 Å². The standard InChI is InChI=1S/C27H23BrN2O6S/c1-3-35-22-13-17(12-21(28)24(22)36-15-16-4-6-18(7-5-16)26(32)33)14-23-25(31)30-27(37-23)29-19-8-10-20(34-2)11-9-19/h4-14H,3,15H2,1-2H3,(H,32,33)(H,29,30,31)/b23-14+. The lowest BCUT2D eigenvalue weighted by molar-refractivity contribution is -0.115. The molecule has 3 aromatic rings. The summed E-state index contributed by atoms with van der Waals surface area (Å²) in [6.45, 7) is 2.52. The topological polar surface area (TPSA) is 106 Å². The van der Waals surface area contributed by atoms with Gasteiger partial charge < -0.3 is 24.6 Å². The first-order chi connectivity index (χ1) is 17.9. The number of thioether (sulfide) groups is 1. The molecule has 190 valence electrons. The molecular weight excluding hydrogens is 560 g/mol. The number of hydrogen-bond acceptors (Lipinski definition) is 7. The fraction of sp³-hybridized carbons (Fsp3) is 0.148. The molecule has 0 spiro atoms. The van der Waals surface area contributed by atoms with Crippen molar-refractivity contribution in [1.82, 2.24) is 5.32 Å². The predicted molar refractivity (Wildman–Crippen MR) is 147 cm³/mol. The summed E-state index contributed by atoms with van der Waals surface area (Å²) in [6, 6.07) is 17.3. The average Bonchev–Trinajstić information content (AvgIpc) is 3.22. The van der Waals surface area contributed by atoms with Crippen molar-refractivity contribution in [1.29, 1.82) is 0 Å². The molecule has 0 aliphatic carbocycles. The van der Waals surface area contributed by atoms with E-state index in [1.165, 1.54) is 23.9 Å². The van der Waals surface area contributed by atoms with Crippen molar-refractivity contribution in [2.75, 3.05) is 13.7 Å². The Labute approximate surface area is 226 Å². The number of amidine groups is 1. The molecule has 0 aromatic heterocycles. The van der Waals surface area contributed by atoms with Gasteiger partial charge in [0.1, 0.15) is 12.4 Å². The lowest BCUT2D eigenvalue weighted by Gasteiger charge is -2.15. The van der Waals surface area contributed by atoms with Gasteiger partial charge in [-0.2, -0.15) is 0 Å². The molecule has 1 aliphatic heterocycles. The molecule has 3 aromatic carbocycles. The maximum absolute atomic E-state index is 12.6. The van der Waals surface area contributed by atoms with Gasteiger partial charge in [-0.3, -0.25) is 4.79 Å². The van der Waals surface area contributed by atoms with Crippen LogP contribution in [0.4, 0.5) is 5.69 Å². The van der Waals surface area contributed by atoms with E-state index in [2.05, 4.69) is 26.2 Å². The Bertz CT molecular complexity index is 1370. The number of aromatic carboxylic acids is 1. The number of hydrogen-bond donors (Lipinski definition) is 2. The lowest BCUT2D eigenvalue weighted by atomic mass is 10.1. The van der Waals surface area contributed by atoms with E-state index in [4.69, 9.17) is 19.3 Å².